The number of hydrogen-bond acceptors (Lipinski definition) is 9. The van der Waals surface area contributed by atoms with Gasteiger partial charge < -0.3 is 30.5 Å². The van der Waals surface area contributed by atoms with Gasteiger partial charge in [-0.05, 0) is 63.3 Å². The summed E-state index contributed by atoms with van der Waals surface area (Å²) in [6.07, 6.45) is 1.64. The van der Waals surface area contributed by atoms with Crippen LogP contribution in [-0.2, 0) is 9.53 Å². The van der Waals surface area contributed by atoms with E-state index in [0.29, 0.717) is 49.5 Å². The molecule has 1 saturated heterocycles. The second-order valence-corrected chi connectivity index (χ2v) is 11.4. The van der Waals surface area contributed by atoms with Crippen molar-refractivity contribution in [3.05, 3.63) is 35.5 Å². The Kier molecular flexibility index (Phi) is 7.24. The van der Waals surface area contributed by atoms with E-state index in [4.69, 9.17) is 4.74 Å². The lowest BCUT2D eigenvalue weighted by Crippen LogP contribution is -2.51. The quantitative estimate of drug-likeness (QED) is 0.406. The number of anilines is 4. The first kappa shape index (κ1) is 26.0. The second-order valence-electron chi connectivity index (χ2n) is 10.5. The van der Waals surface area contributed by atoms with E-state index in [9.17, 15) is 9.59 Å². The van der Waals surface area contributed by atoms with Crippen LogP contribution in [0.4, 0.5) is 32.3 Å². The van der Waals surface area contributed by atoms with Crippen molar-refractivity contribution < 1.29 is 18.7 Å². The van der Waals surface area contributed by atoms with Gasteiger partial charge in [-0.3, -0.25) is 4.79 Å². The summed E-state index contributed by atoms with van der Waals surface area (Å²) in [5.41, 5.74) is 1.25. The van der Waals surface area contributed by atoms with Crippen molar-refractivity contribution >= 4 is 56.7 Å². The van der Waals surface area contributed by atoms with Gasteiger partial charge >= 0.3 is 6.09 Å². The SMILES string of the molecule is CC(C)(C)OC(=O)NCC(=O)N1CCN(c2ccc(Nc3nc(NC4CC4)c4sccc4n3)cc2F)CC1. The fraction of sp³-hybridized carbons (Fsp3) is 0.462. The maximum Gasteiger partial charge on any atom is 0.408 e. The van der Waals surface area contributed by atoms with Crippen molar-refractivity contribution in [2.75, 3.05) is 48.3 Å². The van der Waals surface area contributed by atoms with Crippen molar-refractivity contribution in [2.45, 2.75) is 45.3 Å². The number of fused-ring (bicyclic) bond motifs is 1. The van der Waals surface area contributed by atoms with Crippen LogP contribution in [0, 0.1) is 5.82 Å². The summed E-state index contributed by atoms with van der Waals surface area (Å²) < 4.78 is 21.3. The number of hydrogen-bond donors (Lipinski definition) is 3. The summed E-state index contributed by atoms with van der Waals surface area (Å²) in [5.74, 6) is 0.655. The molecule has 12 heteroatoms. The zero-order valence-corrected chi connectivity index (χ0v) is 22.5. The molecule has 2 amide bonds. The first-order valence-electron chi connectivity index (χ1n) is 12.7. The maximum absolute atomic E-state index is 15.1. The number of aromatic nitrogens is 2. The van der Waals surface area contributed by atoms with Crippen LogP contribution in [0.1, 0.15) is 33.6 Å². The number of benzene rings is 1. The Morgan fingerprint density at radius 1 is 1.13 bits per heavy atom. The van der Waals surface area contributed by atoms with Gasteiger partial charge in [0.15, 0.2) is 0 Å². The van der Waals surface area contributed by atoms with E-state index in [1.807, 2.05) is 16.3 Å². The van der Waals surface area contributed by atoms with E-state index in [1.165, 1.54) is 6.07 Å². The third-order valence-corrected chi connectivity index (χ3v) is 7.09. The first-order chi connectivity index (χ1) is 18.1. The molecule has 0 atom stereocenters. The van der Waals surface area contributed by atoms with Crippen LogP contribution >= 0.6 is 11.3 Å². The van der Waals surface area contributed by atoms with Gasteiger partial charge in [0, 0.05) is 37.9 Å². The molecule has 5 rings (SSSR count). The molecule has 0 bridgehead atoms. The minimum atomic E-state index is -0.630. The molecule has 0 radical (unpaired) electrons. The summed E-state index contributed by atoms with van der Waals surface area (Å²) in [5, 5.41) is 11.1. The number of nitrogens with one attached hydrogen (secondary N) is 3. The van der Waals surface area contributed by atoms with Gasteiger partial charge in [0.05, 0.1) is 15.9 Å². The standard InChI is InChI=1S/C26H32FN7O3S/c1-26(2,3)37-25(36)28-15-21(35)34-11-9-33(10-12-34)20-7-6-17(14-18(20)27)30-24-31-19-8-13-38-22(19)23(32-24)29-16-4-5-16/h6-8,13-14,16H,4-5,9-12,15H2,1-3H3,(H,28,36)(H2,29,30,31,32). The second kappa shape index (κ2) is 10.6. The largest absolute Gasteiger partial charge is 0.444 e. The van der Waals surface area contributed by atoms with Gasteiger partial charge in [-0.2, -0.15) is 4.98 Å². The zero-order valence-electron chi connectivity index (χ0n) is 21.7. The molecule has 1 aliphatic carbocycles. The van der Waals surface area contributed by atoms with Crippen molar-refractivity contribution in [1.29, 1.82) is 0 Å². The molecule has 1 aromatic carbocycles. The highest BCUT2D eigenvalue weighted by Crippen LogP contribution is 2.33. The third kappa shape index (κ3) is 6.42. The molecule has 10 nitrogen and oxygen atoms in total. The number of rotatable bonds is 7. The summed E-state index contributed by atoms with van der Waals surface area (Å²) in [7, 11) is 0. The zero-order chi connectivity index (χ0) is 26.9. The van der Waals surface area contributed by atoms with Crippen LogP contribution in [0.3, 0.4) is 0 Å². The number of thiophene rings is 1. The molecule has 2 fully saturated rings. The molecule has 2 aromatic heterocycles. The number of ether oxygens (including phenoxy) is 1. The number of piperazine rings is 1. The first-order valence-corrected chi connectivity index (χ1v) is 13.6. The van der Waals surface area contributed by atoms with Gasteiger partial charge in [0.25, 0.3) is 0 Å². The lowest BCUT2D eigenvalue weighted by atomic mass is 10.2. The molecule has 38 heavy (non-hydrogen) atoms. The van der Waals surface area contributed by atoms with Crippen molar-refractivity contribution in [3.63, 3.8) is 0 Å². The fourth-order valence-electron chi connectivity index (χ4n) is 4.18. The molecular weight excluding hydrogens is 509 g/mol. The number of carbonyl (C=O) groups excluding carboxylic acids is 2. The summed E-state index contributed by atoms with van der Waals surface area (Å²) in [6.45, 7) is 6.97. The predicted molar refractivity (Wildman–Crippen MR) is 147 cm³/mol. The van der Waals surface area contributed by atoms with Gasteiger partial charge in [-0.15, -0.1) is 11.3 Å². The molecule has 3 heterocycles. The van der Waals surface area contributed by atoms with E-state index in [-0.39, 0.29) is 18.3 Å². The number of halogens is 1. The molecule has 202 valence electrons. The van der Waals surface area contributed by atoms with Crippen LogP contribution in [0.2, 0.25) is 0 Å². The van der Waals surface area contributed by atoms with E-state index < -0.39 is 11.7 Å². The predicted octanol–water partition coefficient (Wildman–Crippen LogP) is 4.32. The van der Waals surface area contributed by atoms with Crippen molar-refractivity contribution in [3.8, 4) is 0 Å². The van der Waals surface area contributed by atoms with Gasteiger partial charge in [0.2, 0.25) is 11.9 Å². The Labute approximate surface area is 224 Å². The molecule has 1 saturated carbocycles. The summed E-state index contributed by atoms with van der Waals surface area (Å²) in [6, 6.07) is 7.37. The Morgan fingerprint density at radius 2 is 1.89 bits per heavy atom. The minimum absolute atomic E-state index is 0.138. The average molecular weight is 542 g/mol. The van der Waals surface area contributed by atoms with Crippen LogP contribution in [0.5, 0.6) is 0 Å². The molecule has 0 spiro atoms. The Hall–Kier alpha value is -3.67. The molecule has 0 unspecified atom stereocenters. The van der Waals surface area contributed by atoms with Gasteiger partial charge in [-0.25, -0.2) is 14.2 Å². The fourth-order valence-corrected chi connectivity index (χ4v) is 4.96. The molecule has 3 aromatic rings. The number of amides is 2. The van der Waals surface area contributed by atoms with E-state index in [1.54, 1.807) is 49.1 Å². The highest BCUT2D eigenvalue weighted by molar-refractivity contribution is 7.17. The van der Waals surface area contributed by atoms with E-state index in [2.05, 4.69) is 25.9 Å². The third-order valence-electron chi connectivity index (χ3n) is 6.18. The Bertz CT molecular complexity index is 1330. The van der Waals surface area contributed by atoms with E-state index in [0.717, 1.165) is 28.9 Å². The summed E-state index contributed by atoms with van der Waals surface area (Å²) >= 11 is 1.60. The number of alkyl carbamates (subject to hydrolysis) is 1. The van der Waals surface area contributed by atoms with Crippen molar-refractivity contribution in [1.82, 2.24) is 20.2 Å². The van der Waals surface area contributed by atoms with Crippen molar-refractivity contribution in [2.24, 2.45) is 0 Å². The van der Waals surface area contributed by atoms with Crippen LogP contribution in [-0.4, -0.2) is 71.2 Å². The Morgan fingerprint density at radius 3 is 2.58 bits per heavy atom. The number of carbonyl (C=O) groups is 2. The van der Waals surface area contributed by atoms with Crippen LogP contribution in [0.15, 0.2) is 29.6 Å². The topological polar surface area (TPSA) is 112 Å². The molecular formula is C26H32FN7O3S. The highest BCUT2D eigenvalue weighted by Gasteiger charge is 2.25. The van der Waals surface area contributed by atoms with Gasteiger partial charge in [0.1, 0.15) is 23.8 Å². The lowest BCUT2D eigenvalue weighted by Gasteiger charge is -2.36. The minimum Gasteiger partial charge on any atom is -0.444 e. The Balaban J connectivity index is 1.17. The average Bonchev–Trinajstić information content (AvgIpc) is 3.54. The molecule has 1 aliphatic heterocycles. The van der Waals surface area contributed by atoms with Crippen LogP contribution < -0.4 is 20.9 Å². The highest BCUT2D eigenvalue weighted by atomic mass is 32.1. The smallest absolute Gasteiger partial charge is 0.408 e. The molecule has 2 aliphatic rings. The number of nitrogens with zero attached hydrogens (tertiary/aromatic N) is 4. The summed E-state index contributed by atoms with van der Waals surface area (Å²) in [4.78, 5) is 37.1. The maximum atomic E-state index is 15.1. The van der Waals surface area contributed by atoms with Crippen LogP contribution in [0.25, 0.3) is 10.2 Å². The monoisotopic (exact) mass is 541 g/mol. The normalized spacial score (nSPS) is 15.9. The van der Waals surface area contributed by atoms with E-state index >= 15 is 4.39 Å². The molecule has 3 N–H and O–H groups in total. The lowest BCUT2D eigenvalue weighted by molar-refractivity contribution is -0.130. The van der Waals surface area contributed by atoms with Gasteiger partial charge in [-0.1, -0.05) is 0 Å².